The quantitative estimate of drug-likeness (QED) is 0.789. The molecule has 0 saturated heterocycles. The summed E-state index contributed by atoms with van der Waals surface area (Å²) in [6.07, 6.45) is 5.45. The Morgan fingerprint density at radius 2 is 1.87 bits per heavy atom. The lowest BCUT2D eigenvalue weighted by molar-refractivity contribution is 0.463. The van der Waals surface area contributed by atoms with E-state index in [2.05, 4.69) is 30.3 Å². The predicted octanol–water partition coefficient (Wildman–Crippen LogP) is 3.30. The molecule has 2 rings (SSSR count). The van der Waals surface area contributed by atoms with Crippen LogP contribution in [0, 0.1) is 5.92 Å². The molecule has 1 fully saturated rings. The molecule has 1 saturated carbocycles. The molecule has 1 aliphatic rings. The minimum absolute atomic E-state index is 0.387. The van der Waals surface area contributed by atoms with Crippen LogP contribution in [-0.4, -0.2) is 11.8 Å². The third-order valence-electron chi connectivity index (χ3n) is 3.19. The molecule has 82 valence electrons. The Kier molecular flexibility index (Phi) is 4.09. The summed E-state index contributed by atoms with van der Waals surface area (Å²) in [7, 11) is 0. The lowest BCUT2D eigenvalue weighted by Crippen LogP contribution is -2.30. The van der Waals surface area contributed by atoms with Gasteiger partial charge in [-0.2, -0.15) is 0 Å². The fourth-order valence-electron chi connectivity index (χ4n) is 2.23. The third-order valence-corrected chi connectivity index (χ3v) is 4.35. The van der Waals surface area contributed by atoms with E-state index < -0.39 is 0 Å². The third kappa shape index (κ3) is 3.25. The second-order valence-corrected chi connectivity index (χ2v) is 5.43. The first-order chi connectivity index (χ1) is 7.36. The molecule has 2 N–H and O–H groups in total. The van der Waals surface area contributed by atoms with Crippen LogP contribution in [0.3, 0.4) is 0 Å². The van der Waals surface area contributed by atoms with Crippen molar-refractivity contribution in [3.05, 3.63) is 30.3 Å². The summed E-state index contributed by atoms with van der Waals surface area (Å²) in [5, 5.41) is 0. The maximum absolute atomic E-state index is 6.21. The minimum atomic E-state index is 0.387. The van der Waals surface area contributed by atoms with Crippen molar-refractivity contribution in [1.29, 1.82) is 0 Å². The van der Waals surface area contributed by atoms with E-state index in [-0.39, 0.29) is 0 Å². The van der Waals surface area contributed by atoms with Gasteiger partial charge < -0.3 is 5.73 Å². The zero-order chi connectivity index (χ0) is 10.5. The van der Waals surface area contributed by atoms with Crippen LogP contribution in [0.25, 0.3) is 0 Å². The molecule has 1 nitrogen and oxygen atoms in total. The molecule has 0 aliphatic heterocycles. The van der Waals surface area contributed by atoms with Crippen LogP contribution in [-0.2, 0) is 0 Å². The molecule has 1 atom stereocenters. The van der Waals surface area contributed by atoms with Crippen LogP contribution in [0.4, 0.5) is 0 Å². The molecule has 0 amide bonds. The van der Waals surface area contributed by atoms with E-state index in [1.807, 2.05) is 11.8 Å². The second-order valence-electron chi connectivity index (χ2n) is 4.33. The first kappa shape index (κ1) is 11.0. The van der Waals surface area contributed by atoms with Crippen molar-refractivity contribution in [2.75, 3.05) is 5.75 Å². The molecular weight excluding hydrogens is 202 g/mol. The normalized spacial score (nSPS) is 19.3. The molecule has 1 aromatic rings. The van der Waals surface area contributed by atoms with Gasteiger partial charge in [-0.15, -0.1) is 11.8 Å². The Morgan fingerprint density at radius 3 is 2.53 bits per heavy atom. The van der Waals surface area contributed by atoms with Gasteiger partial charge in [0.25, 0.3) is 0 Å². The van der Waals surface area contributed by atoms with E-state index in [0.29, 0.717) is 6.04 Å². The summed E-state index contributed by atoms with van der Waals surface area (Å²) >= 11 is 1.89. The van der Waals surface area contributed by atoms with Gasteiger partial charge in [0.05, 0.1) is 0 Å². The minimum Gasteiger partial charge on any atom is -0.327 e. The zero-order valence-corrected chi connectivity index (χ0v) is 9.88. The summed E-state index contributed by atoms with van der Waals surface area (Å²) in [4.78, 5) is 1.34. The van der Waals surface area contributed by atoms with Gasteiger partial charge in [0.15, 0.2) is 0 Å². The van der Waals surface area contributed by atoms with E-state index in [4.69, 9.17) is 5.73 Å². The smallest absolute Gasteiger partial charge is 0.0162 e. The highest BCUT2D eigenvalue weighted by Crippen LogP contribution is 2.29. The average molecular weight is 221 g/mol. The standard InChI is InChI=1S/C13H19NS/c14-13(11-6-4-5-7-11)10-15-12-8-2-1-3-9-12/h1-3,8-9,11,13H,4-7,10,14H2. The molecule has 0 radical (unpaired) electrons. The lowest BCUT2D eigenvalue weighted by Gasteiger charge is -2.18. The van der Waals surface area contributed by atoms with E-state index in [0.717, 1.165) is 11.7 Å². The topological polar surface area (TPSA) is 26.0 Å². The van der Waals surface area contributed by atoms with Crippen LogP contribution in [0.5, 0.6) is 0 Å². The Labute approximate surface area is 96.4 Å². The van der Waals surface area contributed by atoms with Gasteiger partial charge in [0.2, 0.25) is 0 Å². The predicted molar refractivity (Wildman–Crippen MR) is 67.1 cm³/mol. The van der Waals surface area contributed by atoms with Gasteiger partial charge in [-0.05, 0) is 30.9 Å². The SMILES string of the molecule is NC(CSc1ccccc1)C1CCCC1. The maximum atomic E-state index is 6.21. The van der Waals surface area contributed by atoms with E-state index >= 15 is 0 Å². The molecule has 15 heavy (non-hydrogen) atoms. The maximum Gasteiger partial charge on any atom is 0.0162 e. The highest BCUT2D eigenvalue weighted by molar-refractivity contribution is 7.99. The van der Waals surface area contributed by atoms with Gasteiger partial charge in [-0.3, -0.25) is 0 Å². The largest absolute Gasteiger partial charge is 0.327 e. The Hall–Kier alpha value is -0.470. The van der Waals surface area contributed by atoms with Crippen molar-refractivity contribution in [3.63, 3.8) is 0 Å². The van der Waals surface area contributed by atoms with Crippen molar-refractivity contribution in [1.82, 2.24) is 0 Å². The van der Waals surface area contributed by atoms with Crippen LogP contribution in [0.15, 0.2) is 35.2 Å². The van der Waals surface area contributed by atoms with E-state index in [9.17, 15) is 0 Å². The zero-order valence-electron chi connectivity index (χ0n) is 9.06. The van der Waals surface area contributed by atoms with Crippen LogP contribution >= 0.6 is 11.8 Å². The summed E-state index contributed by atoms with van der Waals surface area (Å²) in [5.74, 6) is 1.84. The molecule has 0 aromatic heterocycles. The van der Waals surface area contributed by atoms with Gasteiger partial charge in [-0.1, -0.05) is 31.0 Å². The van der Waals surface area contributed by atoms with Crippen molar-refractivity contribution in [2.45, 2.75) is 36.6 Å². The number of benzene rings is 1. The number of nitrogens with two attached hydrogens (primary N) is 1. The summed E-state index contributed by atoms with van der Waals surface area (Å²) in [5.41, 5.74) is 6.21. The van der Waals surface area contributed by atoms with Gasteiger partial charge in [-0.25, -0.2) is 0 Å². The fraction of sp³-hybridized carbons (Fsp3) is 0.538. The number of hydrogen-bond acceptors (Lipinski definition) is 2. The Bertz CT molecular complexity index is 280. The molecule has 1 aliphatic carbocycles. The van der Waals surface area contributed by atoms with Gasteiger partial charge in [0, 0.05) is 16.7 Å². The first-order valence-electron chi connectivity index (χ1n) is 5.79. The molecule has 0 spiro atoms. The van der Waals surface area contributed by atoms with Crippen molar-refractivity contribution in [3.8, 4) is 0 Å². The molecule has 2 heteroatoms. The summed E-state index contributed by atoms with van der Waals surface area (Å²) < 4.78 is 0. The van der Waals surface area contributed by atoms with E-state index in [1.165, 1.54) is 30.6 Å². The van der Waals surface area contributed by atoms with Crippen molar-refractivity contribution in [2.24, 2.45) is 11.7 Å². The highest BCUT2D eigenvalue weighted by atomic mass is 32.2. The van der Waals surface area contributed by atoms with Gasteiger partial charge in [0.1, 0.15) is 0 Å². The highest BCUT2D eigenvalue weighted by Gasteiger charge is 2.21. The molecule has 0 heterocycles. The van der Waals surface area contributed by atoms with Crippen LogP contribution in [0.2, 0.25) is 0 Å². The van der Waals surface area contributed by atoms with Gasteiger partial charge >= 0.3 is 0 Å². The number of rotatable bonds is 4. The van der Waals surface area contributed by atoms with Crippen molar-refractivity contribution >= 4 is 11.8 Å². The first-order valence-corrected chi connectivity index (χ1v) is 6.78. The second kappa shape index (κ2) is 5.57. The lowest BCUT2D eigenvalue weighted by atomic mass is 10.0. The Balaban J connectivity index is 1.77. The Morgan fingerprint density at radius 1 is 1.20 bits per heavy atom. The molecule has 1 unspecified atom stereocenters. The molecule has 1 aromatic carbocycles. The average Bonchev–Trinajstić information content (AvgIpc) is 2.81. The molecular formula is C13H19NS. The molecule has 0 bridgehead atoms. The van der Waals surface area contributed by atoms with Crippen LogP contribution < -0.4 is 5.73 Å². The number of hydrogen-bond donors (Lipinski definition) is 1. The monoisotopic (exact) mass is 221 g/mol. The fourth-order valence-corrected chi connectivity index (χ4v) is 3.24. The van der Waals surface area contributed by atoms with E-state index in [1.54, 1.807) is 0 Å². The van der Waals surface area contributed by atoms with Crippen molar-refractivity contribution < 1.29 is 0 Å². The van der Waals surface area contributed by atoms with Crippen LogP contribution in [0.1, 0.15) is 25.7 Å². The summed E-state index contributed by atoms with van der Waals surface area (Å²) in [6.45, 7) is 0. The number of thioether (sulfide) groups is 1. The summed E-state index contributed by atoms with van der Waals surface area (Å²) in [6, 6.07) is 10.9.